The zero-order chi connectivity index (χ0) is 16.9. The van der Waals surface area contributed by atoms with Crippen LogP contribution < -0.4 is 5.32 Å². The van der Waals surface area contributed by atoms with E-state index in [1.165, 1.54) is 25.1 Å². The largest absolute Gasteiger partial charge is 0.507 e. The van der Waals surface area contributed by atoms with Crippen molar-refractivity contribution in [2.75, 3.05) is 0 Å². The highest BCUT2D eigenvalue weighted by Gasteiger charge is 2.28. The van der Waals surface area contributed by atoms with Gasteiger partial charge < -0.3 is 30.8 Å². The zero-order valence-corrected chi connectivity index (χ0v) is 11.6. The lowest BCUT2D eigenvalue weighted by Gasteiger charge is -2.18. The summed E-state index contributed by atoms with van der Waals surface area (Å²) in [4.78, 5) is 22.5. The lowest BCUT2D eigenvalue weighted by molar-refractivity contribution is -0.115. The average molecular weight is 310 g/mol. The van der Waals surface area contributed by atoms with E-state index in [0.717, 1.165) is 0 Å². The topological polar surface area (TPSA) is 160 Å². The zero-order valence-electron chi connectivity index (χ0n) is 11.6. The number of carbonyl (C=O) groups is 2. The van der Waals surface area contributed by atoms with E-state index in [4.69, 9.17) is 10.3 Å². The molecule has 22 heavy (non-hydrogen) atoms. The summed E-state index contributed by atoms with van der Waals surface area (Å²) in [6.07, 6.45) is -0.241. The van der Waals surface area contributed by atoms with Gasteiger partial charge in [-0.15, -0.1) is 0 Å². The van der Waals surface area contributed by atoms with Crippen LogP contribution in [0.5, 0.6) is 5.75 Å². The molecule has 1 rings (SSSR count). The van der Waals surface area contributed by atoms with Crippen molar-refractivity contribution in [1.82, 2.24) is 5.32 Å². The van der Waals surface area contributed by atoms with Gasteiger partial charge in [0.05, 0.1) is 5.94 Å². The fourth-order valence-corrected chi connectivity index (χ4v) is 1.71. The number of para-hydroxylation sites is 1. The van der Waals surface area contributed by atoms with E-state index >= 15 is 0 Å². The van der Waals surface area contributed by atoms with E-state index in [-0.39, 0.29) is 23.3 Å². The van der Waals surface area contributed by atoms with Gasteiger partial charge in [-0.05, 0) is 25.0 Å². The maximum Gasteiger partial charge on any atom is 0.475 e. The molecule has 0 fully saturated rings. The number of aromatic carboxylic acids is 1. The van der Waals surface area contributed by atoms with Gasteiger partial charge in [-0.3, -0.25) is 4.79 Å². The lowest BCUT2D eigenvalue weighted by Crippen LogP contribution is -2.49. The molecule has 1 atom stereocenters. The van der Waals surface area contributed by atoms with Crippen molar-refractivity contribution in [2.45, 2.75) is 19.3 Å². The van der Waals surface area contributed by atoms with Crippen LogP contribution >= 0.6 is 0 Å². The van der Waals surface area contributed by atoms with Gasteiger partial charge in [-0.1, -0.05) is 17.3 Å². The highest BCUT2D eigenvalue weighted by Crippen LogP contribution is 2.23. The minimum Gasteiger partial charge on any atom is -0.507 e. The third-order valence-electron chi connectivity index (χ3n) is 2.94. The van der Waals surface area contributed by atoms with Crippen molar-refractivity contribution in [3.8, 4) is 5.75 Å². The summed E-state index contributed by atoms with van der Waals surface area (Å²) in [5.74, 6) is -3.94. The van der Waals surface area contributed by atoms with Gasteiger partial charge in [0.2, 0.25) is 0 Å². The van der Waals surface area contributed by atoms with Gasteiger partial charge in [0.15, 0.2) is 0 Å². The standard InChI is InChI=1S/C12H15BN2O7/c1-6(15-22)11(17)14-9(13(20)21)5-7-3-2-4-8(10(7)16)12(18)19/h2-4,9,16,20-22H,5H2,1H3,(H,14,17)(H,18,19)/t9-/m0/s1. The van der Waals surface area contributed by atoms with E-state index in [2.05, 4.69) is 10.5 Å². The molecule has 0 spiro atoms. The van der Waals surface area contributed by atoms with Crippen LogP contribution in [-0.2, 0) is 11.2 Å². The van der Waals surface area contributed by atoms with Crippen molar-refractivity contribution < 1.29 is 35.1 Å². The summed E-state index contributed by atoms with van der Waals surface area (Å²) in [5.41, 5.74) is -0.533. The Hall–Kier alpha value is -2.59. The van der Waals surface area contributed by atoms with Crippen LogP contribution in [0, 0.1) is 0 Å². The summed E-state index contributed by atoms with van der Waals surface area (Å²) in [6.45, 7) is 1.21. The third-order valence-corrected chi connectivity index (χ3v) is 2.94. The molecule has 0 aromatic heterocycles. The predicted octanol–water partition coefficient (Wildman–Crippen LogP) is -1.02. The van der Waals surface area contributed by atoms with Crippen molar-refractivity contribution >= 4 is 24.7 Å². The predicted molar refractivity (Wildman–Crippen MR) is 75.8 cm³/mol. The van der Waals surface area contributed by atoms with Crippen molar-refractivity contribution in [1.29, 1.82) is 0 Å². The van der Waals surface area contributed by atoms with Crippen LogP contribution in [0.25, 0.3) is 0 Å². The highest BCUT2D eigenvalue weighted by atomic mass is 16.4. The molecule has 10 heteroatoms. The molecule has 118 valence electrons. The Balaban J connectivity index is 3.00. The third kappa shape index (κ3) is 4.20. The summed E-state index contributed by atoms with van der Waals surface area (Å²) in [6, 6.07) is 3.95. The molecule has 9 nitrogen and oxygen atoms in total. The monoisotopic (exact) mass is 310 g/mol. The molecule has 0 bridgehead atoms. The Kier molecular flexibility index (Phi) is 5.90. The van der Waals surface area contributed by atoms with Gasteiger partial charge in [0.25, 0.3) is 5.91 Å². The first-order valence-corrected chi connectivity index (χ1v) is 6.17. The Morgan fingerprint density at radius 1 is 1.36 bits per heavy atom. The number of carbonyl (C=O) groups excluding carboxylic acids is 1. The molecule has 0 aliphatic carbocycles. The van der Waals surface area contributed by atoms with Gasteiger partial charge in [0, 0.05) is 0 Å². The Morgan fingerprint density at radius 3 is 2.50 bits per heavy atom. The van der Waals surface area contributed by atoms with Crippen LogP contribution in [0.1, 0.15) is 22.8 Å². The van der Waals surface area contributed by atoms with E-state index in [0.29, 0.717) is 0 Å². The SMILES string of the molecule is CC(=NO)C(=O)N[C@@H](Cc1cccc(C(=O)O)c1O)B(O)O. The molecule has 0 unspecified atom stereocenters. The minimum absolute atomic E-state index is 0.108. The summed E-state index contributed by atoms with van der Waals surface area (Å²) in [7, 11) is -1.97. The number of hydrogen-bond acceptors (Lipinski definition) is 7. The highest BCUT2D eigenvalue weighted by molar-refractivity contribution is 6.46. The molecule has 1 aromatic carbocycles. The summed E-state index contributed by atoms with van der Waals surface area (Å²) >= 11 is 0. The molecular weight excluding hydrogens is 295 g/mol. The molecule has 6 N–H and O–H groups in total. The Morgan fingerprint density at radius 2 is 2.00 bits per heavy atom. The Labute approximate surface area is 125 Å². The number of nitrogens with one attached hydrogen (secondary N) is 1. The number of oxime groups is 1. The van der Waals surface area contributed by atoms with Gasteiger partial charge >= 0.3 is 13.1 Å². The molecule has 0 saturated heterocycles. The number of rotatable bonds is 6. The fraction of sp³-hybridized carbons (Fsp3) is 0.250. The lowest BCUT2D eigenvalue weighted by atomic mass is 9.75. The number of carboxylic acids is 1. The van der Waals surface area contributed by atoms with Crippen LogP contribution in [-0.4, -0.2) is 56.1 Å². The second-order valence-corrected chi connectivity index (χ2v) is 4.50. The average Bonchev–Trinajstić information content (AvgIpc) is 2.46. The first kappa shape index (κ1) is 17.5. The number of aromatic hydroxyl groups is 1. The first-order chi connectivity index (χ1) is 10.3. The molecule has 1 amide bonds. The van der Waals surface area contributed by atoms with Crippen LogP contribution in [0.15, 0.2) is 23.4 Å². The molecule has 1 aromatic rings. The number of hydrogen-bond donors (Lipinski definition) is 6. The first-order valence-electron chi connectivity index (χ1n) is 6.17. The van der Waals surface area contributed by atoms with Crippen LogP contribution in [0.2, 0.25) is 0 Å². The number of amides is 1. The number of benzene rings is 1. The normalized spacial score (nSPS) is 12.6. The molecular formula is C12H15BN2O7. The molecule has 0 radical (unpaired) electrons. The quantitative estimate of drug-likeness (QED) is 0.170. The maximum absolute atomic E-state index is 11.6. The molecule has 0 saturated carbocycles. The number of phenols is 1. The van der Waals surface area contributed by atoms with Gasteiger partial charge in [0.1, 0.15) is 17.0 Å². The van der Waals surface area contributed by atoms with E-state index in [1.807, 2.05) is 0 Å². The fourth-order valence-electron chi connectivity index (χ4n) is 1.71. The van der Waals surface area contributed by atoms with Crippen molar-refractivity contribution in [2.24, 2.45) is 5.16 Å². The van der Waals surface area contributed by atoms with Crippen LogP contribution in [0.4, 0.5) is 0 Å². The minimum atomic E-state index is -1.97. The summed E-state index contributed by atoms with van der Waals surface area (Å²) in [5, 5.41) is 50.7. The Bertz CT molecular complexity index is 603. The van der Waals surface area contributed by atoms with E-state index < -0.39 is 30.7 Å². The second kappa shape index (κ2) is 7.43. The van der Waals surface area contributed by atoms with Crippen LogP contribution in [0.3, 0.4) is 0 Å². The second-order valence-electron chi connectivity index (χ2n) is 4.50. The van der Waals surface area contributed by atoms with Crippen molar-refractivity contribution in [3.05, 3.63) is 29.3 Å². The molecule has 0 aliphatic rings. The van der Waals surface area contributed by atoms with Crippen molar-refractivity contribution in [3.63, 3.8) is 0 Å². The molecule has 0 heterocycles. The smallest absolute Gasteiger partial charge is 0.475 e. The van der Waals surface area contributed by atoms with Gasteiger partial charge in [-0.2, -0.15) is 0 Å². The van der Waals surface area contributed by atoms with E-state index in [9.17, 15) is 24.7 Å². The maximum atomic E-state index is 11.6. The summed E-state index contributed by atoms with van der Waals surface area (Å²) < 4.78 is 0. The number of nitrogens with zero attached hydrogens (tertiary/aromatic N) is 1. The van der Waals surface area contributed by atoms with E-state index in [1.54, 1.807) is 0 Å². The number of carboxylic acid groups (broad SMARTS) is 1. The van der Waals surface area contributed by atoms with Gasteiger partial charge in [-0.25, -0.2) is 4.79 Å². The molecule has 0 aliphatic heterocycles.